The molecule has 1 fully saturated rings. The van der Waals surface area contributed by atoms with Crippen molar-refractivity contribution in [3.05, 3.63) is 41.2 Å². The molecular formula is C17H21F3N6O2. The largest absolute Gasteiger partial charge is 0.416 e. The van der Waals surface area contributed by atoms with Crippen molar-refractivity contribution in [1.82, 2.24) is 20.5 Å². The fraction of sp³-hybridized carbons (Fsp3) is 0.471. The maximum atomic E-state index is 12.6. The number of aliphatic imine (C=N–C) groups is 1. The van der Waals surface area contributed by atoms with Crippen LogP contribution in [0.1, 0.15) is 17.0 Å². The molecule has 0 spiro atoms. The highest BCUT2D eigenvalue weighted by atomic mass is 19.4. The van der Waals surface area contributed by atoms with Gasteiger partial charge in [0.15, 0.2) is 11.5 Å². The Balaban J connectivity index is 1.56. The first-order valence-electron chi connectivity index (χ1n) is 8.77. The molecule has 0 bridgehead atoms. The van der Waals surface area contributed by atoms with Gasteiger partial charge >= 0.3 is 6.18 Å². The molecule has 3 rings (SSSR count). The maximum absolute atomic E-state index is 12.6. The van der Waals surface area contributed by atoms with Gasteiger partial charge in [0.05, 0.1) is 24.5 Å². The first kappa shape index (κ1) is 20.2. The number of morpholine rings is 1. The van der Waals surface area contributed by atoms with E-state index in [4.69, 9.17) is 15.1 Å². The molecule has 1 aliphatic rings. The molecule has 0 aliphatic carbocycles. The van der Waals surface area contributed by atoms with Gasteiger partial charge in [0.25, 0.3) is 0 Å². The van der Waals surface area contributed by atoms with Crippen LogP contribution in [0.5, 0.6) is 0 Å². The van der Waals surface area contributed by atoms with Crippen LogP contribution in [0.3, 0.4) is 0 Å². The normalized spacial score (nSPS) is 16.5. The summed E-state index contributed by atoms with van der Waals surface area (Å²) < 4.78 is 47.9. The predicted octanol–water partition coefficient (Wildman–Crippen LogP) is 1.55. The van der Waals surface area contributed by atoms with Crippen LogP contribution >= 0.6 is 0 Å². The van der Waals surface area contributed by atoms with Crippen LogP contribution in [0.25, 0.3) is 0 Å². The molecule has 1 aromatic heterocycles. The second-order valence-electron chi connectivity index (χ2n) is 6.23. The highest BCUT2D eigenvalue weighted by molar-refractivity contribution is 5.98. The van der Waals surface area contributed by atoms with Gasteiger partial charge in [-0.1, -0.05) is 5.16 Å². The Morgan fingerprint density at radius 2 is 1.89 bits per heavy atom. The van der Waals surface area contributed by atoms with Crippen LogP contribution in [0.4, 0.5) is 18.9 Å². The summed E-state index contributed by atoms with van der Waals surface area (Å²) >= 11 is 0. The lowest BCUT2D eigenvalue weighted by molar-refractivity contribution is -0.137. The number of amidine groups is 1. The zero-order valence-corrected chi connectivity index (χ0v) is 15.1. The Morgan fingerprint density at radius 1 is 1.18 bits per heavy atom. The van der Waals surface area contributed by atoms with Crippen LogP contribution in [0.2, 0.25) is 0 Å². The second kappa shape index (κ2) is 9.13. The van der Waals surface area contributed by atoms with Gasteiger partial charge in [-0.05, 0) is 29.4 Å². The molecule has 0 atom stereocenters. The quantitative estimate of drug-likeness (QED) is 0.414. The number of ether oxygens (including phenoxy) is 1. The standard InChI is InChI=1S/C17H21F3N6O2/c18-17(19,20)12-1-3-13(4-2-12)23-16(21)15-14(24-28-25-15)11-22-5-6-26-7-9-27-10-8-26/h1-4,22H,5-11H2,(H2,21,23). The molecule has 1 aliphatic heterocycles. The number of nitrogens with zero attached hydrogens (tertiary/aromatic N) is 4. The van der Waals surface area contributed by atoms with Crippen molar-refractivity contribution >= 4 is 11.5 Å². The van der Waals surface area contributed by atoms with Crippen molar-refractivity contribution in [2.45, 2.75) is 12.7 Å². The monoisotopic (exact) mass is 398 g/mol. The van der Waals surface area contributed by atoms with Gasteiger partial charge in [0, 0.05) is 32.7 Å². The SMILES string of the molecule is NC(=Nc1ccc(C(F)(F)F)cc1)c1nonc1CNCCN1CCOCC1. The minimum Gasteiger partial charge on any atom is -0.382 e. The molecule has 1 saturated heterocycles. The van der Waals surface area contributed by atoms with Crippen LogP contribution in [-0.4, -0.2) is 60.4 Å². The lowest BCUT2D eigenvalue weighted by Crippen LogP contribution is -2.40. The summed E-state index contributed by atoms with van der Waals surface area (Å²) in [5.74, 6) is 0.0194. The van der Waals surface area contributed by atoms with Gasteiger partial charge in [-0.3, -0.25) is 4.90 Å². The van der Waals surface area contributed by atoms with Gasteiger partial charge in [-0.25, -0.2) is 9.62 Å². The van der Waals surface area contributed by atoms with E-state index in [1.165, 1.54) is 12.1 Å². The number of alkyl halides is 3. The second-order valence-corrected chi connectivity index (χ2v) is 6.23. The maximum Gasteiger partial charge on any atom is 0.416 e. The third kappa shape index (κ3) is 5.50. The molecule has 0 radical (unpaired) electrons. The van der Waals surface area contributed by atoms with E-state index in [9.17, 15) is 13.2 Å². The van der Waals surface area contributed by atoms with Crippen molar-refractivity contribution in [1.29, 1.82) is 0 Å². The molecule has 2 heterocycles. The zero-order valence-electron chi connectivity index (χ0n) is 15.1. The Morgan fingerprint density at radius 3 is 2.57 bits per heavy atom. The molecule has 28 heavy (non-hydrogen) atoms. The first-order valence-corrected chi connectivity index (χ1v) is 8.77. The predicted molar refractivity (Wildman–Crippen MR) is 95.1 cm³/mol. The number of hydrogen-bond donors (Lipinski definition) is 2. The van der Waals surface area contributed by atoms with Crippen molar-refractivity contribution in [2.24, 2.45) is 10.7 Å². The summed E-state index contributed by atoms with van der Waals surface area (Å²) in [6.07, 6.45) is -4.40. The van der Waals surface area contributed by atoms with E-state index < -0.39 is 11.7 Å². The number of nitrogens with two attached hydrogens (primary N) is 1. The third-order valence-electron chi connectivity index (χ3n) is 4.24. The van der Waals surface area contributed by atoms with E-state index in [0.717, 1.165) is 51.5 Å². The molecule has 1 aromatic carbocycles. The Bertz CT molecular complexity index is 785. The van der Waals surface area contributed by atoms with Crippen LogP contribution in [0, 0.1) is 0 Å². The van der Waals surface area contributed by atoms with Gasteiger partial charge in [-0.2, -0.15) is 13.2 Å². The summed E-state index contributed by atoms with van der Waals surface area (Å²) in [7, 11) is 0. The van der Waals surface area contributed by atoms with E-state index in [1.807, 2.05) is 0 Å². The fourth-order valence-electron chi connectivity index (χ4n) is 2.70. The molecule has 8 nitrogen and oxygen atoms in total. The molecular weight excluding hydrogens is 377 g/mol. The summed E-state index contributed by atoms with van der Waals surface area (Å²) in [6, 6.07) is 4.37. The van der Waals surface area contributed by atoms with Crippen molar-refractivity contribution in [3.63, 3.8) is 0 Å². The van der Waals surface area contributed by atoms with Gasteiger partial charge in [0.1, 0.15) is 5.69 Å². The summed E-state index contributed by atoms with van der Waals surface area (Å²) in [6.45, 7) is 5.30. The average Bonchev–Trinajstić information content (AvgIpc) is 3.14. The fourth-order valence-corrected chi connectivity index (χ4v) is 2.70. The smallest absolute Gasteiger partial charge is 0.382 e. The van der Waals surface area contributed by atoms with Crippen molar-refractivity contribution in [2.75, 3.05) is 39.4 Å². The zero-order chi connectivity index (χ0) is 20.0. The van der Waals surface area contributed by atoms with Gasteiger partial charge in [-0.15, -0.1) is 0 Å². The van der Waals surface area contributed by atoms with Crippen LogP contribution < -0.4 is 11.1 Å². The van der Waals surface area contributed by atoms with E-state index >= 15 is 0 Å². The highest BCUT2D eigenvalue weighted by Crippen LogP contribution is 2.30. The van der Waals surface area contributed by atoms with E-state index in [0.29, 0.717) is 12.2 Å². The first-order chi connectivity index (χ1) is 13.4. The number of hydrogen-bond acceptors (Lipinski definition) is 7. The van der Waals surface area contributed by atoms with Crippen molar-refractivity contribution in [3.8, 4) is 0 Å². The van der Waals surface area contributed by atoms with Gasteiger partial charge < -0.3 is 15.8 Å². The summed E-state index contributed by atoms with van der Waals surface area (Å²) in [5, 5.41) is 10.8. The number of halogens is 3. The molecule has 3 N–H and O–H groups in total. The Kier molecular flexibility index (Phi) is 6.60. The molecule has 2 aromatic rings. The summed E-state index contributed by atoms with van der Waals surface area (Å²) in [5.41, 5.74) is 6.20. The lowest BCUT2D eigenvalue weighted by Gasteiger charge is -2.26. The third-order valence-corrected chi connectivity index (χ3v) is 4.24. The van der Waals surface area contributed by atoms with Crippen LogP contribution in [0.15, 0.2) is 33.9 Å². The van der Waals surface area contributed by atoms with Crippen LogP contribution in [-0.2, 0) is 17.5 Å². The minimum atomic E-state index is -4.40. The van der Waals surface area contributed by atoms with Gasteiger partial charge in [0.2, 0.25) is 0 Å². The Labute approximate surface area is 159 Å². The summed E-state index contributed by atoms with van der Waals surface area (Å²) in [4.78, 5) is 6.39. The number of rotatable bonds is 7. The molecule has 0 amide bonds. The van der Waals surface area contributed by atoms with E-state index in [-0.39, 0.29) is 17.2 Å². The minimum absolute atomic E-state index is 0.0194. The van der Waals surface area contributed by atoms with E-state index in [1.54, 1.807) is 0 Å². The average molecular weight is 398 g/mol. The molecule has 152 valence electrons. The number of benzene rings is 1. The Hall–Kier alpha value is -2.50. The lowest BCUT2D eigenvalue weighted by atomic mass is 10.2. The number of nitrogens with one attached hydrogen (secondary N) is 1. The number of aromatic nitrogens is 2. The van der Waals surface area contributed by atoms with Crippen molar-refractivity contribution < 1.29 is 22.5 Å². The molecule has 11 heteroatoms. The van der Waals surface area contributed by atoms with E-state index in [2.05, 4.69) is 25.5 Å². The topological polar surface area (TPSA) is 102 Å². The highest BCUT2D eigenvalue weighted by Gasteiger charge is 2.30. The molecule has 0 saturated carbocycles. The molecule has 0 unspecified atom stereocenters.